The number of halogens is 4. The van der Waals surface area contributed by atoms with E-state index >= 15 is 0 Å². The first kappa shape index (κ1) is 20.3. The summed E-state index contributed by atoms with van der Waals surface area (Å²) in [7, 11) is 1.65. The van der Waals surface area contributed by atoms with Gasteiger partial charge in [-0.3, -0.25) is 9.59 Å². The molecule has 26 heavy (non-hydrogen) atoms. The fourth-order valence-corrected chi connectivity index (χ4v) is 3.12. The number of hydrogen-bond acceptors (Lipinski definition) is 4. The monoisotopic (exact) mass is 405 g/mol. The van der Waals surface area contributed by atoms with Gasteiger partial charge < -0.3 is 9.88 Å². The number of carbonyl (C=O) groups excluding carboxylic acids is 2. The van der Waals surface area contributed by atoms with E-state index in [9.17, 15) is 22.8 Å². The lowest BCUT2D eigenvalue weighted by Crippen LogP contribution is -2.27. The number of rotatable bonds is 6. The molecule has 2 heterocycles. The van der Waals surface area contributed by atoms with Crippen molar-refractivity contribution in [2.45, 2.75) is 18.1 Å². The molecule has 0 bridgehead atoms. The first-order valence-electron chi connectivity index (χ1n) is 7.40. The molecule has 0 spiro atoms. The number of pyridine rings is 1. The molecule has 0 saturated carbocycles. The predicted octanol–water partition coefficient (Wildman–Crippen LogP) is 3.82. The standard InChI is InChI=1S/C16H15ClF3N3O2S/c1-9(24)10-5-13(23(2)8-10)14(25)21-3-4-26-15-12(17)6-11(7-22-15)16(18,19)20/h5-8H,3-4H2,1-2H3,(H,21,25). The highest BCUT2D eigenvalue weighted by Crippen LogP contribution is 2.33. The molecule has 0 aliphatic rings. The van der Waals surface area contributed by atoms with E-state index in [1.165, 1.54) is 13.0 Å². The van der Waals surface area contributed by atoms with Gasteiger partial charge in [0.25, 0.3) is 5.91 Å². The average molecular weight is 406 g/mol. The Hall–Kier alpha value is -2.00. The van der Waals surface area contributed by atoms with Gasteiger partial charge in [0.1, 0.15) is 10.7 Å². The third-order valence-electron chi connectivity index (χ3n) is 3.41. The molecule has 10 heteroatoms. The van der Waals surface area contributed by atoms with E-state index in [-0.39, 0.29) is 28.3 Å². The normalized spacial score (nSPS) is 11.5. The Bertz CT molecular complexity index is 837. The van der Waals surface area contributed by atoms with Crippen molar-refractivity contribution in [3.8, 4) is 0 Å². The Morgan fingerprint density at radius 1 is 1.35 bits per heavy atom. The zero-order chi connectivity index (χ0) is 19.5. The Morgan fingerprint density at radius 3 is 2.58 bits per heavy atom. The summed E-state index contributed by atoms with van der Waals surface area (Å²) in [6, 6.07) is 2.32. The van der Waals surface area contributed by atoms with Gasteiger partial charge in [0, 0.05) is 37.3 Å². The molecule has 0 radical (unpaired) electrons. The lowest BCUT2D eigenvalue weighted by atomic mass is 10.2. The number of Topliss-reactive ketones (excluding diaryl/α,β-unsaturated/α-hetero) is 1. The van der Waals surface area contributed by atoms with Crippen LogP contribution in [-0.4, -0.2) is 33.5 Å². The maximum Gasteiger partial charge on any atom is 0.417 e. The van der Waals surface area contributed by atoms with Crippen LogP contribution in [0.1, 0.15) is 33.3 Å². The predicted molar refractivity (Wildman–Crippen MR) is 92.7 cm³/mol. The van der Waals surface area contributed by atoms with Gasteiger partial charge in [0.2, 0.25) is 0 Å². The summed E-state index contributed by atoms with van der Waals surface area (Å²) in [6.07, 6.45) is -2.21. The number of carbonyl (C=O) groups is 2. The fourth-order valence-electron chi connectivity index (χ4n) is 2.07. The summed E-state index contributed by atoms with van der Waals surface area (Å²) >= 11 is 6.95. The maximum atomic E-state index is 12.6. The second kappa shape index (κ2) is 8.13. The third-order valence-corrected chi connectivity index (χ3v) is 4.81. The molecule has 140 valence electrons. The van der Waals surface area contributed by atoms with Crippen molar-refractivity contribution in [3.63, 3.8) is 0 Å². The number of nitrogens with one attached hydrogen (secondary N) is 1. The van der Waals surface area contributed by atoms with Crippen LogP contribution in [0, 0.1) is 0 Å². The van der Waals surface area contributed by atoms with Crippen LogP contribution in [0.25, 0.3) is 0 Å². The van der Waals surface area contributed by atoms with E-state index in [4.69, 9.17) is 11.6 Å². The van der Waals surface area contributed by atoms with Gasteiger partial charge in [-0.1, -0.05) is 11.6 Å². The van der Waals surface area contributed by atoms with Crippen molar-refractivity contribution in [3.05, 3.63) is 46.4 Å². The number of hydrogen-bond donors (Lipinski definition) is 1. The first-order valence-corrected chi connectivity index (χ1v) is 8.77. The van der Waals surface area contributed by atoms with Crippen molar-refractivity contribution < 1.29 is 22.8 Å². The second-order valence-electron chi connectivity index (χ2n) is 5.39. The van der Waals surface area contributed by atoms with E-state index in [1.807, 2.05) is 0 Å². The van der Waals surface area contributed by atoms with Crippen LogP contribution in [0.3, 0.4) is 0 Å². The van der Waals surface area contributed by atoms with Gasteiger partial charge >= 0.3 is 6.18 Å². The molecule has 2 aromatic heterocycles. The van der Waals surface area contributed by atoms with Crippen LogP contribution in [0.5, 0.6) is 0 Å². The van der Waals surface area contributed by atoms with Crippen LogP contribution in [0.2, 0.25) is 5.02 Å². The van der Waals surface area contributed by atoms with Gasteiger partial charge in [0.05, 0.1) is 10.6 Å². The largest absolute Gasteiger partial charge is 0.417 e. The molecule has 0 fully saturated rings. The fraction of sp³-hybridized carbons (Fsp3) is 0.312. The molecule has 0 atom stereocenters. The van der Waals surface area contributed by atoms with Gasteiger partial charge in [-0.2, -0.15) is 13.2 Å². The SMILES string of the molecule is CC(=O)c1cc(C(=O)NCCSc2ncc(C(F)(F)F)cc2Cl)n(C)c1. The van der Waals surface area contributed by atoms with Crippen LogP contribution in [0.4, 0.5) is 13.2 Å². The lowest BCUT2D eigenvalue weighted by molar-refractivity contribution is -0.137. The van der Waals surface area contributed by atoms with E-state index in [0.29, 0.717) is 17.0 Å². The van der Waals surface area contributed by atoms with E-state index < -0.39 is 11.7 Å². The molecule has 0 aliphatic carbocycles. The number of amides is 1. The quantitative estimate of drug-likeness (QED) is 0.451. The zero-order valence-corrected chi connectivity index (χ0v) is 15.4. The van der Waals surface area contributed by atoms with Crippen molar-refractivity contribution in [2.75, 3.05) is 12.3 Å². The second-order valence-corrected chi connectivity index (χ2v) is 6.89. The minimum absolute atomic E-state index is 0.0929. The molecule has 5 nitrogen and oxygen atoms in total. The van der Waals surface area contributed by atoms with Crippen LogP contribution >= 0.6 is 23.4 Å². The first-order chi connectivity index (χ1) is 12.1. The summed E-state index contributed by atoms with van der Waals surface area (Å²) < 4.78 is 39.2. The molecule has 2 aromatic rings. The average Bonchev–Trinajstić information content (AvgIpc) is 2.94. The number of aromatic nitrogens is 2. The summed E-state index contributed by atoms with van der Waals surface area (Å²) in [5, 5.41) is 2.84. The highest BCUT2D eigenvalue weighted by molar-refractivity contribution is 7.99. The molecular formula is C16H15ClF3N3O2S. The number of nitrogens with zero attached hydrogens (tertiary/aromatic N) is 2. The van der Waals surface area contributed by atoms with Crippen LogP contribution in [-0.2, 0) is 13.2 Å². The van der Waals surface area contributed by atoms with E-state index in [1.54, 1.807) is 17.8 Å². The van der Waals surface area contributed by atoms with Crippen molar-refractivity contribution >= 4 is 35.1 Å². The highest BCUT2D eigenvalue weighted by atomic mass is 35.5. The van der Waals surface area contributed by atoms with Gasteiger partial charge in [0.15, 0.2) is 5.78 Å². The van der Waals surface area contributed by atoms with Gasteiger partial charge in [-0.25, -0.2) is 4.98 Å². The maximum absolute atomic E-state index is 12.6. The van der Waals surface area contributed by atoms with Crippen molar-refractivity contribution in [1.29, 1.82) is 0 Å². The topological polar surface area (TPSA) is 64.0 Å². The summed E-state index contributed by atoms with van der Waals surface area (Å²) in [4.78, 5) is 27.2. The van der Waals surface area contributed by atoms with E-state index in [2.05, 4.69) is 10.3 Å². The number of alkyl halides is 3. The minimum Gasteiger partial charge on any atom is -0.350 e. The molecule has 0 aliphatic heterocycles. The summed E-state index contributed by atoms with van der Waals surface area (Å²) in [5.74, 6) is -0.126. The van der Waals surface area contributed by atoms with Crippen molar-refractivity contribution in [2.24, 2.45) is 7.05 Å². The molecule has 1 amide bonds. The van der Waals surface area contributed by atoms with Crippen LogP contribution in [0.15, 0.2) is 29.6 Å². The molecule has 0 unspecified atom stereocenters. The summed E-state index contributed by atoms with van der Waals surface area (Å²) in [5.41, 5.74) is -0.135. The molecule has 2 rings (SSSR count). The number of ketones is 1. The molecule has 0 saturated heterocycles. The molecule has 1 N–H and O–H groups in total. The van der Waals surface area contributed by atoms with Gasteiger partial charge in [-0.05, 0) is 19.1 Å². The highest BCUT2D eigenvalue weighted by Gasteiger charge is 2.31. The summed E-state index contributed by atoms with van der Waals surface area (Å²) in [6.45, 7) is 1.66. The smallest absolute Gasteiger partial charge is 0.350 e. The third kappa shape index (κ3) is 5.01. The lowest BCUT2D eigenvalue weighted by Gasteiger charge is -2.09. The van der Waals surface area contributed by atoms with Crippen LogP contribution < -0.4 is 5.32 Å². The zero-order valence-electron chi connectivity index (χ0n) is 13.9. The Kier molecular flexibility index (Phi) is 6.35. The molecule has 0 aromatic carbocycles. The molecular weight excluding hydrogens is 391 g/mol. The van der Waals surface area contributed by atoms with Gasteiger partial charge in [-0.15, -0.1) is 11.8 Å². The van der Waals surface area contributed by atoms with Crippen molar-refractivity contribution in [1.82, 2.24) is 14.9 Å². The van der Waals surface area contributed by atoms with E-state index in [0.717, 1.165) is 24.0 Å². The Morgan fingerprint density at radius 2 is 2.04 bits per heavy atom. The number of thioether (sulfide) groups is 1. The Balaban J connectivity index is 1.89. The Labute approximate surface area is 156 Å². The number of aryl methyl sites for hydroxylation is 1. The minimum atomic E-state index is -4.50.